The maximum absolute atomic E-state index is 12.6. The first-order chi connectivity index (χ1) is 12.6. The van der Waals surface area contributed by atoms with E-state index in [4.69, 9.17) is 10.00 Å². The van der Waals surface area contributed by atoms with Gasteiger partial charge in [0, 0.05) is 24.3 Å². The minimum absolute atomic E-state index is 0.0939. The second-order valence-corrected chi connectivity index (χ2v) is 7.64. The number of nitrogens with zero attached hydrogens (tertiary/aromatic N) is 4. The van der Waals surface area contributed by atoms with E-state index in [9.17, 15) is 8.42 Å². The standard InChI is InChI=1S/C18H18N4O3S/c19-13-17-18(21-10-9-20-17)25-16-7-4-11-22(14-16)26(23,24)12-8-15-5-2-1-3-6-15/h1-3,5-6,8-10,12,16H,4,7,11,14H2/b12-8+. The number of piperidine rings is 1. The fraction of sp³-hybridized carbons (Fsp3) is 0.278. The lowest BCUT2D eigenvalue weighted by Gasteiger charge is -2.31. The number of benzene rings is 1. The highest BCUT2D eigenvalue weighted by Crippen LogP contribution is 2.21. The lowest BCUT2D eigenvalue weighted by molar-refractivity contribution is 0.124. The van der Waals surface area contributed by atoms with Crippen LogP contribution >= 0.6 is 0 Å². The molecule has 1 aliphatic rings. The Hall–Kier alpha value is -2.76. The summed E-state index contributed by atoms with van der Waals surface area (Å²) in [5.41, 5.74) is 0.913. The predicted octanol–water partition coefficient (Wildman–Crippen LogP) is 2.19. The van der Waals surface area contributed by atoms with Crippen molar-refractivity contribution in [2.45, 2.75) is 18.9 Å². The molecule has 0 aliphatic carbocycles. The first kappa shape index (κ1) is 18.0. The molecule has 2 aromatic rings. The Bertz CT molecular complexity index is 923. The Morgan fingerprint density at radius 1 is 1.23 bits per heavy atom. The molecule has 3 rings (SSSR count). The van der Waals surface area contributed by atoms with Crippen LogP contribution in [0.4, 0.5) is 0 Å². The van der Waals surface area contributed by atoms with Gasteiger partial charge in [-0.15, -0.1) is 0 Å². The van der Waals surface area contributed by atoms with Crippen LogP contribution in [-0.2, 0) is 10.0 Å². The summed E-state index contributed by atoms with van der Waals surface area (Å²) in [6.45, 7) is 0.649. The molecule has 0 radical (unpaired) electrons. The van der Waals surface area contributed by atoms with Crippen molar-refractivity contribution in [3.63, 3.8) is 0 Å². The zero-order valence-corrected chi connectivity index (χ0v) is 14.8. The molecule has 8 heteroatoms. The normalized spacial score (nSPS) is 18.5. The molecule has 1 fully saturated rings. The maximum atomic E-state index is 12.6. The summed E-state index contributed by atoms with van der Waals surface area (Å²) in [4.78, 5) is 7.92. The zero-order chi connectivity index (χ0) is 18.4. The van der Waals surface area contributed by atoms with Gasteiger partial charge in [-0.3, -0.25) is 0 Å². The van der Waals surface area contributed by atoms with E-state index in [1.807, 2.05) is 36.4 Å². The summed E-state index contributed by atoms with van der Waals surface area (Å²) < 4.78 is 32.3. The second-order valence-electron chi connectivity index (χ2n) is 5.82. The highest BCUT2D eigenvalue weighted by molar-refractivity contribution is 7.92. The fourth-order valence-electron chi connectivity index (χ4n) is 2.69. The molecule has 1 aromatic carbocycles. The summed E-state index contributed by atoms with van der Waals surface area (Å²) in [6.07, 6.45) is 5.43. The van der Waals surface area contributed by atoms with Crippen LogP contribution in [0.3, 0.4) is 0 Å². The molecule has 134 valence electrons. The largest absolute Gasteiger partial charge is 0.471 e. The summed E-state index contributed by atoms with van der Waals surface area (Å²) in [7, 11) is -3.55. The monoisotopic (exact) mass is 370 g/mol. The van der Waals surface area contributed by atoms with Gasteiger partial charge in [-0.1, -0.05) is 30.3 Å². The van der Waals surface area contributed by atoms with Gasteiger partial charge in [0.2, 0.25) is 15.7 Å². The number of hydrogen-bond acceptors (Lipinski definition) is 6. The number of hydrogen-bond donors (Lipinski definition) is 0. The number of sulfonamides is 1. The third-order valence-electron chi connectivity index (χ3n) is 3.98. The van der Waals surface area contributed by atoms with E-state index in [-0.39, 0.29) is 24.2 Å². The predicted molar refractivity (Wildman–Crippen MR) is 96.4 cm³/mol. The Morgan fingerprint density at radius 3 is 2.77 bits per heavy atom. The number of rotatable bonds is 5. The highest BCUT2D eigenvalue weighted by atomic mass is 32.2. The van der Waals surface area contributed by atoms with Crippen molar-refractivity contribution in [2.24, 2.45) is 0 Å². The first-order valence-corrected chi connectivity index (χ1v) is 9.70. The molecule has 2 heterocycles. The van der Waals surface area contributed by atoms with Gasteiger partial charge >= 0.3 is 0 Å². The average Bonchev–Trinajstić information content (AvgIpc) is 2.68. The SMILES string of the molecule is N#Cc1nccnc1OC1CCCN(S(=O)(=O)/C=C/c2ccccc2)C1. The van der Waals surface area contributed by atoms with Crippen LogP contribution in [0.25, 0.3) is 6.08 Å². The van der Waals surface area contributed by atoms with Gasteiger partial charge in [-0.2, -0.15) is 9.57 Å². The average molecular weight is 370 g/mol. The molecule has 0 saturated carbocycles. The van der Waals surface area contributed by atoms with Gasteiger partial charge in [0.1, 0.15) is 12.2 Å². The number of aromatic nitrogens is 2. The van der Waals surface area contributed by atoms with Crippen molar-refractivity contribution in [2.75, 3.05) is 13.1 Å². The van der Waals surface area contributed by atoms with E-state index in [1.165, 1.54) is 22.1 Å². The molecule has 0 amide bonds. The third kappa shape index (κ3) is 4.45. The van der Waals surface area contributed by atoms with Crippen LogP contribution in [0.2, 0.25) is 0 Å². The van der Waals surface area contributed by atoms with Crippen molar-refractivity contribution in [1.82, 2.24) is 14.3 Å². The summed E-state index contributed by atoms with van der Waals surface area (Å²) in [5, 5.41) is 10.3. The third-order valence-corrected chi connectivity index (χ3v) is 5.51. The fourth-order valence-corrected chi connectivity index (χ4v) is 3.95. The topological polar surface area (TPSA) is 96.2 Å². The maximum Gasteiger partial charge on any atom is 0.251 e. The van der Waals surface area contributed by atoms with Gasteiger partial charge in [0.15, 0.2) is 0 Å². The molecular formula is C18H18N4O3S. The van der Waals surface area contributed by atoms with Crippen LogP contribution < -0.4 is 4.74 Å². The van der Waals surface area contributed by atoms with Crippen LogP contribution in [0.1, 0.15) is 24.1 Å². The molecule has 26 heavy (non-hydrogen) atoms. The molecule has 1 atom stereocenters. The van der Waals surface area contributed by atoms with Crippen LogP contribution in [0, 0.1) is 11.3 Å². The molecule has 7 nitrogen and oxygen atoms in total. The minimum atomic E-state index is -3.55. The zero-order valence-electron chi connectivity index (χ0n) is 14.0. The highest BCUT2D eigenvalue weighted by Gasteiger charge is 2.29. The van der Waals surface area contributed by atoms with Gasteiger partial charge in [-0.05, 0) is 24.5 Å². The van der Waals surface area contributed by atoms with Crippen molar-refractivity contribution >= 4 is 16.1 Å². The van der Waals surface area contributed by atoms with Crippen LogP contribution in [-0.4, -0.2) is 41.9 Å². The summed E-state index contributed by atoms with van der Waals surface area (Å²) in [6, 6.07) is 11.2. The Balaban J connectivity index is 1.69. The van der Waals surface area contributed by atoms with Crippen molar-refractivity contribution in [1.29, 1.82) is 5.26 Å². The van der Waals surface area contributed by atoms with E-state index in [2.05, 4.69) is 9.97 Å². The lowest BCUT2D eigenvalue weighted by Crippen LogP contribution is -2.43. The van der Waals surface area contributed by atoms with E-state index >= 15 is 0 Å². The Kier molecular flexibility index (Phi) is 5.61. The Labute approximate surface area is 152 Å². The van der Waals surface area contributed by atoms with Crippen LogP contribution in [0.5, 0.6) is 5.88 Å². The molecule has 1 aliphatic heterocycles. The molecule has 1 saturated heterocycles. The van der Waals surface area contributed by atoms with Crippen molar-refractivity contribution in [3.8, 4) is 11.9 Å². The van der Waals surface area contributed by atoms with E-state index in [1.54, 1.807) is 6.08 Å². The smallest absolute Gasteiger partial charge is 0.251 e. The van der Waals surface area contributed by atoms with E-state index < -0.39 is 10.0 Å². The van der Waals surface area contributed by atoms with Gasteiger partial charge < -0.3 is 4.74 Å². The summed E-state index contributed by atoms with van der Waals surface area (Å²) in [5.74, 6) is 0.138. The number of nitriles is 1. The van der Waals surface area contributed by atoms with Gasteiger partial charge in [-0.25, -0.2) is 18.4 Å². The lowest BCUT2D eigenvalue weighted by atomic mass is 10.1. The van der Waals surface area contributed by atoms with Gasteiger partial charge in [0.25, 0.3) is 5.88 Å². The molecule has 1 unspecified atom stereocenters. The quantitative estimate of drug-likeness (QED) is 0.800. The first-order valence-electron chi connectivity index (χ1n) is 8.19. The molecular weight excluding hydrogens is 352 g/mol. The number of ether oxygens (including phenoxy) is 1. The minimum Gasteiger partial charge on any atom is -0.471 e. The molecule has 0 bridgehead atoms. The molecule has 0 N–H and O–H groups in total. The Morgan fingerprint density at radius 2 is 2.00 bits per heavy atom. The van der Waals surface area contributed by atoms with Gasteiger partial charge in [0.05, 0.1) is 6.54 Å². The summed E-state index contributed by atoms with van der Waals surface area (Å²) >= 11 is 0. The van der Waals surface area contributed by atoms with E-state index in [0.717, 1.165) is 5.56 Å². The van der Waals surface area contributed by atoms with Crippen molar-refractivity contribution < 1.29 is 13.2 Å². The second kappa shape index (κ2) is 8.08. The molecule has 1 aromatic heterocycles. The van der Waals surface area contributed by atoms with Crippen LogP contribution in [0.15, 0.2) is 48.1 Å². The van der Waals surface area contributed by atoms with E-state index in [0.29, 0.717) is 19.4 Å². The molecule has 0 spiro atoms. The van der Waals surface area contributed by atoms with Crippen molar-refractivity contribution in [3.05, 3.63) is 59.4 Å².